The Morgan fingerprint density at radius 1 is 1.09 bits per heavy atom. The summed E-state index contributed by atoms with van der Waals surface area (Å²) in [5.74, 6) is 0.134. The maximum absolute atomic E-state index is 12.2. The van der Waals surface area contributed by atoms with Gasteiger partial charge in [0.1, 0.15) is 0 Å². The molecule has 2 aromatic carbocycles. The van der Waals surface area contributed by atoms with Gasteiger partial charge in [-0.1, -0.05) is 62.7 Å². The third-order valence-electron chi connectivity index (χ3n) is 4.42. The van der Waals surface area contributed by atoms with E-state index in [1.807, 2.05) is 26.0 Å². The predicted molar refractivity (Wildman–Crippen MR) is 94.3 cm³/mol. The second-order valence-corrected chi connectivity index (χ2v) is 6.22. The van der Waals surface area contributed by atoms with Gasteiger partial charge in [0, 0.05) is 6.42 Å². The van der Waals surface area contributed by atoms with E-state index in [0.29, 0.717) is 12.8 Å². The molecule has 1 unspecified atom stereocenters. The first kappa shape index (κ1) is 17.2. The average Bonchev–Trinajstić information content (AvgIpc) is 2.56. The number of aryl methyl sites for hydroxylation is 1. The van der Waals surface area contributed by atoms with Gasteiger partial charge in [-0.15, -0.1) is 0 Å². The van der Waals surface area contributed by atoms with Crippen LogP contribution in [-0.2, 0) is 16.0 Å². The van der Waals surface area contributed by atoms with Crippen molar-refractivity contribution in [3.8, 4) is 0 Å². The van der Waals surface area contributed by atoms with Crippen LogP contribution < -0.4 is 5.32 Å². The first-order chi connectivity index (χ1) is 11.0. The lowest BCUT2D eigenvalue weighted by atomic mass is 9.95. The molecular formula is C20H25NO2. The molecule has 0 aliphatic rings. The standard InChI is InChI=1S/C20H25NO2/c1-4-14(2)20(15(3)22)21-19(23)12-10-16-9-11-17-7-5-6-8-18(17)13-16/h5-9,11,13-14,20H,4,10,12H2,1-3H3,(H,21,23)/t14-,20?/m0/s1. The highest BCUT2D eigenvalue weighted by molar-refractivity contribution is 5.88. The molecule has 0 saturated carbocycles. The first-order valence-electron chi connectivity index (χ1n) is 8.28. The lowest BCUT2D eigenvalue weighted by Crippen LogP contribution is -2.44. The van der Waals surface area contributed by atoms with E-state index in [4.69, 9.17) is 0 Å². The number of carbonyl (C=O) groups excluding carboxylic acids is 2. The number of amides is 1. The fourth-order valence-corrected chi connectivity index (χ4v) is 2.78. The van der Waals surface area contributed by atoms with Gasteiger partial charge in [0.15, 0.2) is 5.78 Å². The summed E-state index contributed by atoms with van der Waals surface area (Å²) in [4.78, 5) is 23.8. The molecule has 0 fully saturated rings. The van der Waals surface area contributed by atoms with E-state index in [1.165, 1.54) is 10.8 Å². The SMILES string of the molecule is CC[C@H](C)C(NC(=O)CCc1ccc2ccccc2c1)C(C)=O. The zero-order valence-electron chi connectivity index (χ0n) is 14.1. The molecule has 3 heteroatoms. The van der Waals surface area contributed by atoms with Crippen molar-refractivity contribution < 1.29 is 9.59 Å². The molecule has 0 radical (unpaired) electrons. The summed E-state index contributed by atoms with van der Waals surface area (Å²) in [6, 6.07) is 14.1. The van der Waals surface area contributed by atoms with Gasteiger partial charge in [0.05, 0.1) is 6.04 Å². The number of fused-ring (bicyclic) bond motifs is 1. The molecule has 2 rings (SSSR count). The Hall–Kier alpha value is -2.16. The van der Waals surface area contributed by atoms with Gasteiger partial charge in [0.2, 0.25) is 5.91 Å². The molecule has 1 amide bonds. The van der Waals surface area contributed by atoms with Gasteiger partial charge in [-0.05, 0) is 35.6 Å². The lowest BCUT2D eigenvalue weighted by molar-refractivity contribution is -0.127. The van der Waals surface area contributed by atoms with E-state index >= 15 is 0 Å². The van der Waals surface area contributed by atoms with Crippen LogP contribution in [0.5, 0.6) is 0 Å². The molecule has 0 aliphatic carbocycles. The number of hydrogen-bond acceptors (Lipinski definition) is 2. The average molecular weight is 311 g/mol. The molecule has 23 heavy (non-hydrogen) atoms. The summed E-state index contributed by atoms with van der Waals surface area (Å²) >= 11 is 0. The third-order valence-corrected chi connectivity index (χ3v) is 4.42. The van der Waals surface area contributed by atoms with E-state index in [-0.39, 0.29) is 23.7 Å². The molecule has 0 heterocycles. The Kier molecular flexibility index (Phi) is 5.91. The van der Waals surface area contributed by atoms with Crippen LogP contribution >= 0.6 is 0 Å². The van der Waals surface area contributed by atoms with Crippen LogP contribution in [0, 0.1) is 5.92 Å². The van der Waals surface area contributed by atoms with Gasteiger partial charge in [-0.2, -0.15) is 0 Å². The second-order valence-electron chi connectivity index (χ2n) is 6.22. The van der Waals surface area contributed by atoms with E-state index < -0.39 is 0 Å². The van der Waals surface area contributed by atoms with E-state index in [9.17, 15) is 9.59 Å². The van der Waals surface area contributed by atoms with Crippen molar-refractivity contribution in [3.05, 3.63) is 48.0 Å². The highest BCUT2D eigenvalue weighted by Crippen LogP contribution is 2.17. The first-order valence-corrected chi connectivity index (χ1v) is 8.28. The Morgan fingerprint density at radius 3 is 2.43 bits per heavy atom. The van der Waals surface area contributed by atoms with Crippen LogP contribution in [0.15, 0.2) is 42.5 Å². The molecule has 1 N–H and O–H groups in total. The highest BCUT2D eigenvalue weighted by Gasteiger charge is 2.22. The number of benzene rings is 2. The Balaban J connectivity index is 1.95. The predicted octanol–water partition coefficient (Wildman–Crippen LogP) is 3.89. The van der Waals surface area contributed by atoms with Crippen LogP contribution in [0.2, 0.25) is 0 Å². The van der Waals surface area contributed by atoms with E-state index in [2.05, 4.69) is 35.6 Å². The fraction of sp³-hybridized carbons (Fsp3) is 0.400. The number of rotatable bonds is 7. The Morgan fingerprint density at radius 2 is 1.78 bits per heavy atom. The summed E-state index contributed by atoms with van der Waals surface area (Å²) in [7, 11) is 0. The van der Waals surface area contributed by atoms with Crippen molar-refractivity contribution in [3.63, 3.8) is 0 Å². The second kappa shape index (κ2) is 7.91. The van der Waals surface area contributed by atoms with Crippen LogP contribution in [0.3, 0.4) is 0 Å². The number of nitrogens with one attached hydrogen (secondary N) is 1. The van der Waals surface area contributed by atoms with Crippen LogP contribution in [0.1, 0.15) is 39.2 Å². The third kappa shape index (κ3) is 4.65. The summed E-state index contributed by atoms with van der Waals surface area (Å²) in [6.07, 6.45) is 1.95. The summed E-state index contributed by atoms with van der Waals surface area (Å²) in [6.45, 7) is 5.57. The molecule has 0 saturated heterocycles. The van der Waals surface area contributed by atoms with Crippen molar-refractivity contribution in [2.24, 2.45) is 5.92 Å². The molecule has 0 aromatic heterocycles. The maximum atomic E-state index is 12.2. The number of Topliss-reactive ketones (excluding diaryl/α,β-unsaturated/α-hetero) is 1. The van der Waals surface area contributed by atoms with Gasteiger partial charge in [-0.3, -0.25) is 9.59 Å². The minimum absolute atomic E-state index is 0.0263. The van der Waals surface area contributed by atoms with Gasteiger partial charge in [-0.25, -0.2) is 0 Å². The molecule has 0 spiro atoms. The molecule has 2 atom stereocenters. The molecule has 3 nitrogen and oxygen atoms in total. The molecule has 122 valence electrons. The smallest absolute Gasteiger partial charge is 0.220 e. The molecule has 0 bridgehead atoms. The highest BCUT2D eigenvalue weighted by atomic mass is 16.2. The van der Waals surface area contributed by atoms with Crippen LogP contribution in [0.25, 0.3) is 10.8 Å². The zero-order chi connectivity index (χ0) is 16.8. The lowest BCUT2D eigenvalue weighted by Gasteiger charge is -2.21. The minimum Gasteiger partial charge on any atom is -0.346 e. The van der Waals surface area contributed by atoms with Crippen molar-refractivity contribution in [1.82, 2.24) is 5.32 Å². The molecule has 0 aliphatic heterocycles. The zero-order valence-corrected chi connectivity index (χ0v) is 14.1. The van der Waals surface area contributed by atoms with Crippen molar-refractivity contribution >= 4 is 22.5 Å². The van der Waals surface area contributed by atoms with Crippen LogP contribution in [-0.4, -0.2) is 17.7 Å². The number of carbonyl (C=O) groups is 2. The van der Waals surface area contributed by atoms with Gasteiger partial charge >= 0.3 is 0 Å². The Bertz CT molecular complexity index is 693. The van der Waals surface area contributed by atoms with Gasteiger partial charge in [0.25, 0.3) is 0 Å². The van der Waals surface area contributed by atoms with Crippen molar-refractivity contribution in [2.45, 2.75) is 46.1 Å². The maximum Gasteiger partial charge on any atom is 0.220 e. The van der Waals surface area contributed by atoms with Crippen molar-refractivity contribution in [2.75, 3.05) is 0 Å². The summed E-state index contributed by atoms with van der Waals surface area (Å²) in [5.41, 5.74) is 1.14. The van der Waals surface area contributed by atoms with Crippen molar-refractivity contribution in [1.29, 1.82) is 0 Å². The molecular weight excluding hydrogens is 286 g/mol. The van der Waals surface area contributed by atoms with E-state index in [1.54, 1.807) is 6.92 Å². The van der Waals surface area contributed by atoms with E-state index in [0.717, 1.165) is 12.0 Å². The molecule has 2 aromatic rings. The summed E-state index contributed by atoms with van der Waals surface area (Å²) < 4.78 is 0. The quantitative estimate of drug-likeness (QED) is 0.843. The largest absolute Gasteiger partial charge is 0.346 e. The minimum atomic E-state index is -0.371. The Labute approximate surface area is 138 Å². The van der Waals surface area contributed by atoms with Gasteiger partial charge < -0.3 is 5.32 Å². The summed E-state index contributed by atoms with van der Waals surface area (Å²) in [5, 5.41) is 5.28. The van der Waals surface area contributed by atoms with Crippen LogP contribution in [0.4, 0.5) is 0 Å². The number of ketones is 1. The fourth-order valence-electron chi connectivity index (χ4n) is 2.78. The monoisotopic (exact) mass is 311 g/mol. The normalized spacial score (nSPS) is 13.5. The topological polar surface area (TPSA) is 46.2 Å². The number of hydrogen-bond donors (Lipinski definition) is 1.